The van der Waals surface area contributed by atoms with Gasteiger partial charge in [-0.15, -0.1) is 0 Å². The minimum atomic E-state index is -0.116. The van der Waals surface area contributed by atoms with Gasteiger partial charge in [-0.05, 0) is 64.5 Å². The first-order valence-electron chi connectivity index (χ1n) is 6.52. The van der Waals surface area contributed by atoms with E-state index in [1.54, 1.807) is 36.5 Å². The van der Waals surface area contributed by atoms with Gasteiger partial charge in [-0.2, -0.15) is 5.26 Å². The Hall–Kier alpha value is -2.71. The SMILES string of the molecule is N#Cc1ccc(C(=O)/C=C/c2cnc3ccc(Br)cn23)cc1. The van der Waals surface area contributed by atoms with Gasteiger partial charge in [0.15, 0.2) is 5.78 Å². The Kier molecular flexibility index (Phi) is 3.86. The van der Waals surface area contributed by atoms with E-state index in [1.165, 1.54) is 6.08 Å². The van der Waals surface area contributed by atoms with Gasteiger partial charge in [0.25, 0.3) is 0 Å². The molecule has 1 aromatic carbocycles. The quantitative estimate of drug-likeness (QED) is 0.531. The molecule has 0 atom stereocenters. The van der Waals surface area contributed by atoms with Gasteiger partial charge in [-0.1, -0.05) is 0 Å². The Labute approximate surface area is 135 Å². The molecule has 4 nitrogen and oxygen atoms in total. The van der Waals surface area contributed by atoms with Crippen LogP contribution in [0.1, 0.15) is 21.6 Å². The maximum atomic E-state index is 12.1. The van der Waals surface area contributed by atoms with Crippen LogP contribution in [0.15, 0.2) is 59.3 Å². The Balaban J connectivity index is 1.87. The predicted molar refractivity (Wildman–Crippen MR) is 87.4 cm³/mol. The topological polar surface area (TPSA) is 58.2 Å². The average molecular weight is 352 g/mol. The number of carbonyl (C=O) groups excluding carboxylic acids is 1. The highest BCUT2D eigenvalue weighted by atomic mass is 79.9. The third-order valence-electron chi connectivity index (χ3n) is 3.20. The Morgan fingerprint density at radius 2 is 2.00 bits per heavy atom. The van der Waals surface area contributed by atoms with Crippen molar-refractivity contribution in [2.45, 2.75) is 0 Å². The summed E-state index contributed by atoms with van der Waals surface area (Å²) in [5.74, 6) is -0.116. The monoisotopic (exact) mass is 351 g/mol. The molecule has 3 aromatic rings. The number of fused-ring (bicyclic) bond motifs is 1. The molecule has 0 bridgehead atoms. The van der Waals surface area contributed by atoms with Crippen LogP contribution in [0, 0.1) is 11.3 Å². The molecule has 0 aliphatic heterocycles. The molecule has 0 fully saturated rings. The molecule has 2 heterocycles. The number of imidazole rings is 1. The van der Waals surface area contributed by atoms with E-state index < -0.39 is 0 Å². The number of pyridine rings is 1. The van der Waals surface area contributed by atoms with E-state index in [-0.39, 0.29) is 5.78 Å². The van der Waals surface area contributed by atoms with Crippen LogP contribution in [0.3, 0.4) is 0 Å². The minimum Gasteiger partial charge on any atom is -0.299 e. The third-order valence-corrected chi connectivity index (χ3v) is 3.67. The summed E-state index contributed by atoms with van der Waals surface area (Å²) >= 11 is 3.42. The Morgan fingerprint density at radius 1 is 1.23 bits per heavy atom. The van der Waals surface area contributed by atoms with Crippen molar-refractivity contribution in [1.82, 2.24) is 9.38 Å². The maximum Gasteiger partial charge on any atom is 0.185 e. The lowest BCUT2D eigenvalue weighted by Crippen LogP contribution is -1.94. The summed E-state index contributed by atoms with van der Waals surface area (Å²) in [6.07, 6.45) is 6.84. The molecule has 0 aliphatic rings. The molecule has 106 valence electrons. The number of halogens is 1. The molecule has 0 unspecified atom stereocenters. The number of hydrogen-bond acceptors (Lipinski definition) is 3. The first-order chi connectivity index (χ1) is 10.7. The number of hydrogen-bond donors (Lipinski definition) is 0. The van der Waals surface area contributed by atoms with Gasteiger partial charge >= 0.3 is 0 Å². The lowest BCUT2D eigenvalue weighted by molar-refractivity contribution is 0.104. The molecule has 0 amide bonds. The summed E-state index contributed by atoms with van der Waals surface area (Å²) in [5, 5.41) is 8.76. The number of ketones is 1. The fourth-order valence-corrected chi connectivity index (χ4v) is 2.40. The maximum absolute atomic E-state index is 12.1. The molecular weight excluding hydrogens is 342 g/mol. The van der Waals surface area contributed by atoms with Crippen LogP contribution in [0.4, 0.5) is 0 Å². The lowest BCUT2D eigenvalue weighted by Gasteiger charge is -1.98. The van der Waals surface area contributed by atoms with Crippen molar-refractivity contribution in [2.24, 2.45) is 0 Å². The molecule has 3 rings (SSSR count). The number of nitrogens with zero attached hydrogens (tertiary/aromatic N) is 3. The first-order valence-corrected chi connectivity index (χ1v) is 7.32. The van der Waals surface area contributed by atoms with Crippen LogP contribution in [-0.2, 0) is 0 Å². The molecule has 0 spiro atoms. The third kappa shape index (κ3) is 2.83. The van der Waals surface area contributed by atoms with Gasteiger partial charge in [-0.25, -0.2) is 4.98 Å². The average Bonchev–Trinajstić information content (AvgIpc) is 2.95. The highest BCUT2D eigenvalue weighted by Crippen LogP contribution is 2.15. The summed E-state index contributed by atoms with van der Waals surface area (Å²) in [6.45, 7) is 0. The van der Waals surface area contributed by atoms with Crippen molar-refractivity contribution in [2.75, 3.05) is 0 Å². The largest absolute Gasteiger partial charge is 0.299 e. The minimum absolute atomic E-state index is 0.116. The highest BCUT2D eigenvalue weighted by molar-refractivity contribution is 9.10. The van der Waals surface area contributed by atoms with E-state index in [4.69, 9.17) is 5.26 Å². The summed E-state index contributed by atoms with van der Waals surface area (Å²) in [7, 11) is 0. The standard InChI is InChI=1S/C17H10BrN3O/c18-14-5-8-17-20-10-15(21(17)11-14)6-7-16(22)13-3-1-12(9-19)2-4-13/h1-8,10-11H/b7-6+. The smallest absolute Gasteiger partial charge is 0.185 e. The van der Waals surface area contributed by atoms with Crippen molar-refractivity contribution in [3.05, 3.63) is 76.2 Å². The molecule has 22 heavy (non-hydrogen) atoms. The van der Waals surface area contributed by atoms with Crippen LogP contribution in [-0.4, -0.2) is 15.2 Å². The van der Waals surface area contributed by atoms with Gasteiger partial charge in [0, 0.05) is 16.2 Å². The van der Waals surface area contributed by atoms with Crippen molar-refractivity contribution >= 4 is 33.4 Å². The second-order valence-corrected chi connectivity index (χ2v) is 5.56. The fourth-order valence-electron chi connectivity index (χ4n) is 2.06. The molecule has 5 heteroatoms. The first kappa shape index (κ1) is 14.2. The highest BCUT2D eigenvalue weighted by Gasteiger charge is 2.04. The second kappa shape index (κ2) is 5.96. The van der Waals surface area contributed by atoms with Crippen molar-refractivity contribution in [1.29, 1.82) is 5.26 Å². The number of allylic oxidation sites excluding steroid dienone is 1. The van der Waals surface area contributed by atoms with E-state index in [0.717, 1.165) is 15.8 Å². The van der Waals surface area contributed by atoms with Crippen LogP contribution < -0.4 is 0 Å². The van der Waals surface area contributed by atoms with Crippen LogP contribution in [0.5, 0.6) is 0 Å². The van der Waals surface area contributed by atoms with Crippen molar-refractivity contribution in [3.8, 4) is 6.07 Å². The van der Waals surface area contributed by atoms with Crippen molar-refractivity contribution < 1.29 is 4.79 Å². The summed E-state index contributed by atoms with van der Waals surface area (Å²) < 4.78 is 2.83. The van der Waals surface area contributed by atoms with Gasteiger partial charge in [-0.3, -0.25) is 9.20 Å². The zero-order chi connectivity index (χ0) is 15.5. The second-order valence-electron chi connectivity index (χ2n) is 4.65. The normalized spacial score (nSPS) is 10.9. The molecule has 0 saturated carbocycles. The van der Waals surface area contributed by atoms with Gasteiger partial charge in [0.05, 0.1) is 23.5 Å². The van der Waals surface area contributed by atoms with Gasteiger partial charge in [0.2, 0.25) is 0 Å². The molecular formula is C17H10BrN3O. The number of nitriles is 1. The van der Waals surface area contributed by atoms with Crippen LogP contribution >= 0.6 is 15.9 Å². The van der Waals surface area contributed by atoms with E-state index in [9.17, 15) is 4.79 Å². The van der Waals surface area contributed by atoms with Crippen LogP contribution in [0.25, 0.3) is 11.7 Å². The van der Waals surface area contributed by atoms with E-state index in [2.05, 4.69) is 20.9 Å². The van der Waals surface area contributed by atoms with E-state index >= 15 is 0 Å². The lowest BCUT2D eigenvalue weighted by atomic mass is 10.1. The Bertz CT molecular complexity index is 917. The van der Waals surface area contributed by atoms with Gasteiger partial charge < -0.3 is 0 Å². The number of aromatic nitrogens is 2. The predicted octanol–water partition coefficient (Wildman–Crippen LogP) is 3.86. The van der Waals surface area contributed by atoms with E-state index in [1.807, 2.05) is 28.8 Å². The summed E-state index contributed by atoms with van der Waals surface area (Å²) in [6, 6.07) is 12.4. The summed E-state index contributed by atoms with van der Waals surface area (Å²) in [5.41, 5.74) is 2.71. The van der Waals surface area contributed by atoms with Crippen LogP contribution in [0.2, 0.25) is 0 Å². The van der Waals surface area contributed by atoms with Gasteiger partial charge in [0.1, 0.15) is 5.65 Å². The number of carbonyl (C=O) groups is 1. The molecule has 0 N–H and O–H groups in total. The van der Waals surface area contributed by atoms with Crippen molar-refractivity contribution in [3.63, 3.8) is 0 Å². The Morgan fingerprint density at radius 3 is 2.73 bits per heavy atom. The fraction of sp³-hybridized carbons (Fsp3) is 0. The zero-order valence-corrected chi connectivity index (χ0v) is 13.0. The molecule has 2 aromatic heterocycles. The number of benzene rings is 1. The van der Waals surface area contributed by atoms with E-state index in [0.29, 0.717) is 11.1 Å². The molecule has 0 radical (unpaired) electrons. The molecule has 0 saturated heterocycles. The summed E-state index contributed by atoms with van der Waals surface area (Å²) in [4.78, 5) is 16.4. The number of rotatable bonds is 3. The molecule has 0 aliphatic carbocycles. The zero-order valence-electron chi connectivity index (χ0n) is 11.4.